The molecule has 1 rings (SSSR count). The molecule has 1 unspecified atom stereocenters. The van der Waals surface area contributed by atoms with Crippen molar-refractivity contribution in [1.29, 1.82) is 0 Å². The molecular formula is C5H10NNaO3S. The normalized spacial score (nSPS) is 22.3. The van der Waals surface area contributed by atoms with Crippen LogP contribution in [0.5, 0.6) is 0 Å². The first-order chi connectivity index (χ1) is 4.79. The van der Waals surface area contributed by atoms with Crippen LogP contribution in [0, 0.1) is 0 Å². The van der Waals surface area contributed by atoms with Gasteiger partial charge in [0.15, 0.2) is 0 Å². The van der Waals surface area contributed by atoms with Crippen molar-refractivity contribution in [2.75, 3.05) is 32.2 Å². The van der Waals surface area contributed by atoms with Crippen molar-refractivity contribution in [3.8, 4) is 0 Å². The van der Waals surface area contributed by atoms with Crippen LogP contribution in [-0.2, 0) is 15.8 Å². The Morgan fingerprint density at radius 3 is 2.45 bits per heavy atom. The van der Waals surface area contributed by atoms with Crippen LogP contribution in [0.3, 0.4) is 0 Å². The number of hydrogen-bond acceptors (Lipinski definition) is 4. The summed E-state index contributed by atoms with van der Waals surface area (Å²) in [5.74, 6) is 0.142. The number of nitrogens with zero attached hydrogens (tertiary/aromatic N) is 1. The van der Waals surface area contributed by atoms with E-state index in [2.05, 4.69) is 0 Å². The largest absolute Gasteiger partial charge is 1.00 e. The molecule has 0 aromatic carbocycles. The van der Waals surface area contributed by atoms with Gasteiger partial charge in [0.1, 0.15) is 0 Å². The summed E-state index contributed by atoms with van der Waals surface area (Å²) in [6, 6.07) is 0. The number of morpholine rings is 1. The third kappa shape index (κ3) is 5.30. The minimum absolute atomic E-state index is 0. The molecule has 0 N–H and O–H groups in total. The van der Waals surface area contributed by atoms with Crippen LogP contribution < -0.4 is 29.6 Å². The second kappa shape index (κ2) is 6.54. The summed E-state index contributed by atoms with van der Waals surface area (Å²) in [4.78, 5) is 1.85. The summed E-state index contributed by atoms with van der Waals surface area (Å²) in [5.41, 5.74) is 0. The van der Waals surface area contributed by atoms with Gasteiger partial charge in [0.2, 0.25) is 0 Å². The summed E-state index contributed by atoms with van der Waals surface area (Å²) in [7, 11) is 0. The van der Waals surface area contributed by atoms with Crippen molar-refractivity contribution >= 4 is 11.1 Å². The van der Waals surface area contributed by atoms with Crippen molar-refractivity contribution in [3.05, 3.63) is 0 Å². The standard InChI is InChI=1S/C5H11NO3S.Na/c7-10(8)5-6-1-3-9-4-2-6;/h1-5H2,(H,7,8);/q;+1/p-1. The Morgan fingerprint density at radius 1 is 1.45 bits per heavy atom. The van der Waals surface area contributed by atoms with E-state index >= 15 is 0 Å². The van der Waals surface area contributed by atoms with E-state index in [9.17, 15) is 8.76 Å². The maximum Gasteiger partial charge on any atom is 1.00 e. The first-order valence-corrected chi connectivity index (χ1v) is 4.39. The average Bonchev–Trinajstić information content (AvgIpc) is 1.88. The molecule has 0 bridgehead atoms. The number of rotatable bonds is 2. The zero-order chi connectivity index (χ0) is 7.40. The smallest absolute Gasteiger partial charge is 0.771 e. The van der Waals surface area contributed by atoms with Crippen molar-refractivity contribution < 1.29 is 43.1 Å². The van der Waals surface area contributed by atoms with E-state index in [1.54, 1.807) is 0 Å². The number of hydrogen-bond donors (Lipinski definition) is 0. The zero-order valence-electron chi connectivity index (χ0n) is 6.62. The van der Waals surface area contributed by atoms with Crippen LogP contribution in [0.25, 0.3) is 0 Å². The summed E-state index contributed by atoms with van der Waals surface area (Å²) in [6.07, 6.45) is 0. The first-order valence-electron chi connectivity index (χ1n) is 3.15. The average molecular weight is 187 g/mol. The molecular weight excluding hydrogens is 177 g/mol. The molecule has 0 spiro atoms. The molecule has 0 radical (unpaired) electrons. The number of ether oxygens (including phenoxy) is 1. The predicted octanol–water partition coefficient (Wildman–Crippen LogP) is -3.84. The molecule has 0 aromatic rings. The van der Waals surface area contributed by atoms with Crippen LogP contribution in [-0.4, -0.2) is 45.8 Å². The van der Waals surface area contributed by atoms with E-state index in [-0.39, 0.29) is 35.4 Å². The molecule has 1 aliphatic rings. The van der Waals surface area contributed by atoms with Gasteiger partial charge < -0.3 is 9.29 Å². The van der Waals surface area contributed by atoms with Crippen molar-refractivity contribution in [2.24, 2.45) is 0 Å². The maximum atomic E-state index is 10.2. The Morgan fingerprint density at radius 2 is 2.00 bits per heavy atom. The predicted molar refractivity (Wildman–Crippen MR) is 36.2 cm³/mol. The van der Waals surface area contributed by atoms with Gasteiger partial charge in [-0.2, -0.15) is 0 Å². The molecule has 0 amide bonds. The van der Waals surface area contributed by atoms with E-state index in [1.807, 2.05) is 4.90 Å². The van der Waals surface area contributed by atoms with E-state index in [0.29, 0.717) is 13.2 Å². The van der Waals surface area contributed by atoms with Crippen molar-refractivity contribution in [3.63, 3.8) is 0 Å². The van der Waals surface area contributed by atoms with E-state index in [1.165, 1.54) is 0 Å². The maximum absolute atomic E-state index is 10.2. The van der Waals surface area contributed by atoms with E-state index in [0.717, 1.165) is 13.1 Å². The summed E-state index contributed by atoms with van der Waals surface area (Å²) in [5, 5.41) is 0. The van der Waals surface area contributed by atoms with Crippen LogP contribution in [0.2, 0.25) is 0 Å². The fourth-order valence-corrected chi connectivity index (χ4v) is 1.44. The third-order valence-corrected chi connectivity index (χ3v) is 1.97. The summed E-state index contributed by atoms with van der Waals surface area (Å²) >= 11 is -1.94. The molecule has 4 nitrogen and oxygen atoms in total. The summed E-state index contributed by atoms with van der Waals surface area (Å²) in [6.45, 7) is 2.76. The first kappa shape index (κ1) is 12.0. The van der Waals surface area contributed by atoms with Crippen LogP contribution >= 0.6 is 0 Å². The second-order valence-corrected chi connectivity index (χ2v) is 3.03. The van der Waals surface area contributed by atoms with Crippen LogP contribution in [0.1, 0.15) is 0 Å². The Hall–Kier alpha value is 1.03. The third-order valence-electron chi connectivity index (χ3n) is 1.39. The minimum Gasteiger partial charge on any atom is -0.771 e. The quantitative estimate of drug-likeness (QED) is 0.328. The van der Waals surface area contributed by atoms with Gasteiger partial charge in [0.05, 0.1) is 19.1 Å². The van der Waals surface area contributed by atoms with Gasteiger partial charge in [-0.25, -0.2) is 0 Å². The zero-order valence-corrected chi connectivity index (χ0v) is 9.43. The van der Waals surface area contributed by atoms with Crippen LogP contribution in [0.15, 0.2) is 0 Å². The van der Waals surface area contributed by atoms with Gasteiger partial charge in [0.25, 0.3) is 0 Å². The fourth-order valence-electron chi connectivity index (χ4n) is 0.879. The van der Waals surface area contributed by atoms with E-state index in [4.69, 9.17) is 4.74 Å². The van der Waals surface area contributed by atoms with Gasteiger partial charge in [-0.1, -0.05) is 0 Å². The van der Waals surface area contributed by atoms with Gasteiger partial charge >= 0.3 is 29.6 Å². The minimum atomic E-state index is -1.94. The topological polar surface area (TPSA) is 52.6 Å². The van der Waals surface area contributed by atoms with Crippen molar-refractivity contribution in [2.45, 2.75) is 0 Å². The van der Waals surface area contributed by atoms with Gasteiger partial charge in [-0.15, -0.1) is 0 Å². The monoisotopic (exact) mass is 187 g/mol. The Labute approximate surface area is 90.9 Å². The Kier molecular flexibility index (Phi) is 7.15. The molecule has 1 aliphatic heterocycles. The Bertz CT molecular complexity index is 129. The molecule has 0 aromatic heterocycles. The molecule has 11 heavy (non-hydrogen) atoms. The molecule has 0 saturated carbocycles. The molecule has 60 valence electrons. The molecule has 6 heteroatoms. The summed E-state index contributed by atoms with van der Waals surface area (Å²) < 4.78 is 25.4. The van der Waals surface area contributed by atoms with Gasteiger partial charge in [0, 0.05) is 13.1 Å². The molecule has 0 aliphatic carbocycles. The fraction of sp³-hybridized carbons (Fsp3) is 1.00. The SMILES string of the molecule is O=S([O-])CN1CCOCC1.[Na+]. The molecule has 1 saturated heterocycles. The molecule has 1 fully saturated rings. The molecule has 1 heterocycles. The van der Waals surface area contributed by atoms with Crippen LogP contribution in [0.4, 0.5) is 0 Å². The van der Waals surface area contributed by atoms with Gasteiger partial charge in [-0.3, -0.25) is 9.11 Å². The second-order valence-electron chi connectivity index (χ2n) is 2.16. The Balaban J connectivity index is 0.000001000. The van der Waals surface area contributed by atoms with Crippen molar-refractivity contribution in [1.82, 2.24) is 4.90 Å². The van der Waals surface area contributed by atoms with E-state index < -0.39 is 11.1 Å². The van der Waals surface area contributed by atoms with Gasteiger partial charge in [-0.05, 0) is 11.1 Å². The molecule has 1 atom stereocenters.